The van der Waals surface area contributed by atoms with E-state index in [9.17, 15) is 5.11 Å². The van der Waals surface area contributed by atoms with Gasteiger partial charge in [0.15, 0.2) is 0 Å². The second-order valence-electron chi connectivity index (χ2n) is 6.36. The molecule has 0 aromatic rings. The Morgan fingerprint density at radius 3 is 2.47 bits per heavy atom. The summed E-state index contributed by atoms with van der Waals surface area (Å²) in [6.07, 6.45) is 3.77. The molecule has 3 N–H and O–H groups in total. The van der Waals surface area contributed by atoms with Crippen LogP contribution in [0.1, 0.15) is 47.0 Å². The smallest absolute Gasteiger partial charge is 0.0718 e. The van der Waals surface area contributed by atoms with Gasteiger partial charge >= 0.3 is 0 Å². The Hall–Kier alpha value is -0.120. The number of hydrogen-bond acceptors (Lipinski definition) is 3. The van der Waals surface area contributed by atoms with Crippen LogP contribution in [-0.2, 0) is 0 Å². The summed E-state index contributed by atoms with van der Waals surface area (Å²) in [5.74, 6) is 1.40. The molecular formula is C14H30N2O. The maximum atomic E-state index is 10.0. The van der Waals surface area contributed by atoms with E-state index in [1.165, 1.54) is 19.3 Å². The van der Waals surface area contributed by atoms with E-state index in [-0.39, 0.29) is 0 Å². The van der Waals surface area contributed by atoms with Crippen molar-refractivity contribution in [1.29, 1.82) is 0 Å². The Morgan fingerprint density at radius 2 is 2.00 bits per heavy atom. The van der Waals surface area contributed by atoms with Gasteiger partial charge in [-0.15, -0.1) is 0 Å². The van der Waals surface area contributed by atoms with Crippen LogP contribution in [0.5, 0.6) is 0 Å². The van der Waals surface area contributed by atoms with Crippen molar-refractivity contribution < 1.29 is 5.11 Å². The molecule has 1 rings (SSSR count). The highest BCUT2D eigenvalue weighted by atomic mass is 16.3. The third-order valence-corrected chi connectivity index (χ3v) is 3.99. The minimum absolute atomic E-state index is 0.556. The highest BCUT2D eigenvalue weighted by Crippen LogP contribution is 2.32. The van der Waals surface area contributed by atoms with E-state index in [1.54, 1.807) is 0 Å². The number of rotatable bonds is 5. The average Bonchev–Trinajstić information content (AvgIpc) is 2.24. The van der Waals surface area contributed by atoms with Gasteiger partial charge < -0.3 is 10.8 Å². The van der Waals surface area contributed by atoms with Crippen molar-refractivity contribution >= 4 is 0 Å². The third kappa shape index (κ3) is 4.57. The summed E-state index contributed by atoms with van der Waals surface area (Å²) in [7, 11) is 0. The molecule has 3 unspecified atom stereocenters. The molecule has 3 nitrogen and oxygen atoms in total. The molecule has 0 aromatic carbocycles. The van der Waals surface area contributed by atoms with Crippen molar-refractivity contribution in [3.8, 4) is 0 Å². The molecule has 0 bridgehead atoms. The molecule has 3 atom stereocenters. The summed E-state index contributed by atoms with van der Waals surface area (Å²) >= 11 is 0. The maximum Gasteiger partial charge on any atom is 0.0718 e. The molecule has 0 heterocycles. The molecule has 1 saturated carbocycles. The molecule has 1 aliphatic carbocycles. The summed E-state index contributed by atoms with van der Waals surface area (Å²) in [6, 6.07) is 0.556. The number of aliphatic hydroxyl groups is 1. The molecule has 0 amide bonds. The first-order valence-electron chi connectivity index (χ1n) is 7.04. The Bertz CT molecular complexity index is 225. The van der Waals surface area contributed by atoms with Crippen LogP contribution < -0.4 is 5.73 Å². The second-order valence-corrected chi connectivity index (χ2v) is 6.36. The van der Waals surface area contributed by atoms with Gasteiger partial charge in [0, 0.05) is 12.6 Å². The summed E-state index contributed by atoms with van der Waals surface area (Å²) in [5, 5.41) is 10.0. The minimum Gasteiger partial charge on any atom is -0.389 e. The first kappa shape index (κ1) is 14.9. The van der Waals surface area contributed by atoms with Crippen LogP contribution in [0.2, 0.25) is 0 Å². The lowest BCUT2D eigenvalue weighted by atomic mass is 9.78. The zero-order valence-electron chi connectivity index (χ0n) is 11.9. The Balaban J connectivity index is 2.69. The molecule has 0 aromatic heterocycles. The Morgan fingerprint density at radius 1 is 1.35 bits per heavy atom. The molecule has 1 aliphatic rings. The van der Waals surface area contributed by atoms with Crippen LogP contribution in [0.25, 0.3) is 0 Å². The molecule has 0 radical (unpaired) electrons. The zero-order valence-corrected chi connectivity index (χ0v) is 11.9. The van der Waals surface area contributed by atoms with Crippen molar-refractivity contribution in [2.24, 2.45) is 17.6 Å². The van der Waals surface area contributed by atoms with E-state index in [1.807, 2.05) is 13.8 Å². The van der Waals surface area contributed by atoms with E-state index < -0.39 is 5.60 Å². The van der Waals surface area contributed by atoms with Gasteiger partial charge in [0.25, 0.3) is 0 Å². The maximum absolute atomic E-state index is 10.0. The van der Waals surface area contributed by atoms with Crippen LogP contribution in [0, 0.1) is 11.8 Å². The van der Waals surface area contributed by atoms with Crippen LogP contribution in [0.3, 0.4) is 0 Å². The second kappa shape index (κ2) is 6.17. The van der Waals surface area contributed by atoms with Crippen molar-refractivity contribution in [2.45, 2.75) is 58.6 Å². The standard InChI is InChI=1S/C14H30N2O/c1-5-16(10-14(3,4)17)13-8-11(2)6-7-12(13)9-15/h11-13,17H,5-10,15H2,1-4H3. The van der Waals surface area contributed by atoms with Gasteiger partial charge in [0.05, 0.1) is 5.60 Å². The van der Waals surface area contributed by atoms with Gasteiger partial charge in [-0.3, -0.25) is 4.90 Å². The van der Waals surface area contributed by atoms with Gasteiger partial charge in [-0.25, -0.2) is 0 Å². The van der Waals surface area contributed by atoms with Crippen LogP contribution in [0.15, 0.2) is 0 Å². The van der Waals surface area contributed by atoms with E-state index in [2.05, 4.69) is 18.7 Å². The van der Waals surface area contributed by atoms with E-state index in [0.29, 0.717) is 12.0 Å². The number of hydrogen-bond donors (Lipinski definition) is 2. The molecule has 0 aliphatic heterocycles. The van der Waals surface area contributed by atoms with Crippen LogP contribution >= 0.6 is 0 Å². The quantitative estimate of drug-likeness (QED) is 0.773. The first-order chi connectivity index (χ1) is 7.87. The fraction of sp³-hybridized carbons (Fsp3) is 1.00. The van der Waals surface area contributed by atoms with Crippen molar-refractivity contribution in [3.63, 3.8) is 0 Å². The van der Waals surface area contributed by atoms with Crippen molar-refractivity contribution in [3.05, 3.63) is 0 Å². The van der Waals surface area contributed by atoms with Crippen molar-refractivity contribution in [1.82, 2.24) is 4.90 Å². The summed E-state index contributed by atoms with van der Waals surface area (Å²) in [4.78, 5) is 2.42. The van der Waals surface area contributed by atoms with Crippen LogP contribution in [-0.4, -0.2) is 41.3 Å². The van der Waals surface area contributed by atoms with Gasteiger partial charge in [0.2, 0.25) is 0 Å². The summed E-state index contributed by atoms with van der Waals surface area (Å²) in [5.41, 5.74) is 5.29. The molecule has 102 valence electrons. The van der Waals surface area contributed by atoms with E-state index in [4.69, 9.17) is 5.73 Å². The lowest BCUT2D eigenvalue weighted by molar-refractivity contribution is -0.00191. The minimum atomic E-state index is -0.615. The fourth-order valence-electron chi connectivity index (χ4n) is 3.10. The summed E-state index contributed by atoms with van der Waals surface area (Å²) in [6.45, 7) is 10.8. The predicted molar refractivity (Wildman–Crippen MR) is 72.9 cm³/mol. The largest absolute Gasteiger partial charge is 0.389 e. The summed E-state index contributed by atoms with van der Waals surface area (Å²) < 4.78 is 0. The molecular weight excluding hydrogens is 212 g/mol. The zero-order chi connectivity index (χ0) is 13.1. The topological polar surface area (TPSA) is 49.5 Å². The molecule has 3 heteroatoms. The Kier molecular flexibility index (Phi) is 5.42. The van der Waals surface area contributed by atoms with Gasteiger partial charge in [0.1, 0.15) is 0 Å². The van der Waals surface area contributed by atoms with E-state index >= 15 is 0 Å². The Labute approximate surface area is 106 Å². The van der Waals surface area contributed by atoms with Gasteiger partial charge in [-0.05, 0) is 51.6 Å². The number of nitrogens with two attached hydrogens (primary N) is 1. The lowest BCUT2D eigenvalue weighted by Gasteiger charge is -2.43. The fourth-order valence-corrected chi connectivity index (χ4v) is 3.10. The highest BCUT2D eigenvalue weighted by molar-refractivity contribution is 4.88. The van der Waals surface area contributed by atoms with Gasteiger partial charge in [-0.1, -0.05) is 20.3 Å². The van der Waals surface area contributed by atoms with Crippen LogP contribution in [0.4, 0.5) is 0 Å². The molecule has 0 saturated heterocycles. The first-order valence-corrected chi connectivity index (χ1v) is 7.04. The highest BCUT2D eigenvalue weighted by Gasteiger charge is 2.33. The average molecular weight is 242 g/mol. The third-order valence-electron chi connectivity index (χ3n) is 3.99. The number of likely N-dealkylation sites (N-methyl/N-ethyl adjacent to an activating group) is 1. The molecule has 17 heavy (non-hydrogen) atoms. The normalized spacial score (nSPS) is 30.9. The van der Waals surface area contributed by atoms with Gasteiger partial charge in [-0.2, -0.15) is 0 Å². The predicted octanol–water partition coefficient (Wildman–Crippen LogP) is 1.84. The molecule has 1 fully saturated rings. The SMILES string of the molecule is CCN(CC(C)(C)O)C1CC(C)CCC1CN. The van der Waals surface area contributed by atoms with E-state index in [0.717, 1.165) is 25.6 Å². The lowest BCUT2D eigenvalue weighted by Crippen LogP contribution is -2.51. The number of nitrogens with zero attached hydrogens (tertiary/aromatic N) is 1. The monoisotopic (exact) mass is 242 g/mol. The van der Waals surface area contributed by atoms with Crippen molar-refractivity contribution in [2.75, 3.05) is 19.6 Å². The molecule has 0 spiro atoms.